The van der Waals surface area contributed by atoms with Crippen LogP contribution in [0.4, 0.5) is 0 Å². The minimum Gasteiger partial charge on any atom is -0.385 e. The van der Waals surface area contributed by atoms with Crippen molar-refractivity contribution in [3.8, 4) is 0 Å². The molecule has 1 fully saturated rings. The van der Waals surface area contributed by atoms with Gasteiger partial charge in [0.05, 0.1) is 0 Å². The lowest BCUT2D eigenvalue weighted by molar-refractivity contribution is -0.123. The average molecular weight is 227 g/mol. The third-order valence-corrected chi connectivity index (χ3v) is 3.46. The second-order valence-electron chi connectivity index (χ2n) is 4.83. The summed E-state index contributed by atoms with van der Waals surface area (Å²) in [6.07, 6.45) is 6.42. The van der Waals surface area contributed by atoms with Crippen LogP contribution < -0.4 is 5.32 Å². The molecule has 0 aromatic rings. The molecule has 2 unspecified atom stereocenters. The van der Waals surface area contributed by atoms with Gasteiger partial charge in [-0.25, -0.2) is 0 Å². The molecule has 94 valence electrons. The number of rotatable bonds is 7. The van der Waals surface area contributed by atoms with Crippen molar-refractivity contribution in [3.05, 3.63) is 0 Å². The number of piperidine rings is 1. The minimum absolute atomic E-state index is 0.156. The van der Waals surface area contributed by atoms with Crippen molar-refractivity contribution < 1.29 is 9.53 Å². The van der Waals surface area contributed by atoms with Gasteiger partial charge in [0.1, 0.15) is 5.78 Å². The van der Waals surface area contributed by atoms with E-state index in [1.807, 2.05) is 6.92 Å². The highest BCUT2D eigenvalue weighted by Gasteiger charge is 2.17. The second-order valence-corrected chi connectivity index (χ2v) is 4.83. The van der Waals surface area contributed by atoms with Crippen LogP contribution in [0.1, 0.15) is 45.4 Å². The number of methoxy groups -OCH3 is 1. The molecule has 2 atom stereocenters. The van der Waals surface area contributed by atoms with Crippen LogP contribution in [0, 0.1) is 5.92 Å². The van der Waals surface area contributed by atoms with Gasteiger partial charge in [0.2, 0.25) is 0 Å². The van der Waals surface area contributed by atoms with E-state index in [0.29, 0.717) is 18.4 Å². The summed E-state index contributed by atoms with van der Waals surface area (Å²) in [5, 5.41) is 3.48. The zero-order chi connectivity index (χ0) is 11.8. The van der Waals surface area contributed by atoms with Gasteiger partial charge in [0.15, 0.2) is 0 Å². The quantitative estimate of drug-likeness (QED) is 0.724. The Bertz CT molecular complexity index is 200. The van der Waals surface area contributed by atoms with Crippen molar-refractivity contribution in [2.24, 2.45) is 5.92 Å². The van der Waals surface area contributed by atoms with Crippen molar-refractivity contribution in [3.63, 3.8) is 0 Å². The molecule has 0 amide bonds. The van der Waals surface area contributed by atoms with Gasteiger partial charge in [-0.05, 0) is 32.2 Å². The Morgan fingerprint density at radius 3 is 2.94 bits per heavy atom. The molecule has 0 spiro atoms. The van der Waals surface area contributed by atoms with Crippen LogP contribution in [-0.2, 0) is 9.53 Å². The molecule has 16 heavy (non-hydrogen) atoms. The number of ether oxygens (including phenoxy) is 1. The van der Waals surface area contributed by atoms with Crippen molar-refractivity contribution in [2.45, 2.75) is 51.5 Å². The molecular formula is C13H25NO2. The summed E-state index contributed by atoms with van der Waals surface area (Å²) in [5.74, 6) is 0.549. The molecule has 3 nitrogen and oxygen atoms in total. The first-order chi connectivity index (χ1) is 7.74. The second kappa shape index (κ2) is 7.80. The highest BCUT2D eigenvalue weighted by atomic mass is 16.5. The largest absolute Gasteiger partial charge is 0.385 e. The van der Waals surface area contributed by atoms with Crippen LogP contribution in [0.2, 0.25) is 0 Å². The third kappa shape index (κ3) is 5.08. The van der Waals surface area contributed by atoms with Crippen LogP contribution >= 0.6 is 0 Å². The summed E-state index contributed by atoms with van der Waals surface area (Å²) in [7, 11) is 1.68. The maximum Gasteiger partial charge on any atom is 0.135 e. The van der Waals surface area contributed by atoms with Crippen molar-refractivity contribution in [1.82, 2.24) is 5.32 Å². The number of hydrogen-bond acceptors (Lipinski definition) is 3. The maximum atomic E-state index is 11.8. The van der Waals surface area contributed by atoms with E-state index >= 15 is 0 Å². The van der Waals surface area contributed by atoms with E-state index in [4.69, 9.17) is 4.74 Å². The molecule has 0 saturated carbocycles. The summed E-state index contributed by atoms with van der Waals surface area (Å²) in [4.78, 5) is 11.8. The average Bonchev–Trinajstić information content (AvgIpc) is 2.34. The van der Waals surface area contributed by atoms with E-state index in [1.165, 1.54) is 19.3 Å². The predicted octanol–water partition coefficient (Wildman–Crippen LogP) is 2.15. The highest BCUT2D eigenvalue weighted by molar-refractivity contribution is 5.80. The Morgan fingerprint density at radius 2 is 2.31 bits per heavy atom. The van der Waals surface area contributed by atoms with Crippen LogP contribution in [0.3, 0.4) is 0 Å². The van der Waals surface area contributed by atoms with E-state index in [0.717, 1.165) is 25.8 Å². The molecule has 3 heteroatoms. The number of hydrogen-bond donors (Lipinski definition) is 1. The zero-order valence-corrected chi connectivity index (χ0v) is 10.6. The highest BCUT2D eigenvalue weighted by Crippen LogP contribution is 2.14. The maximum absolute atomic E-state index is 11.8. The van der Waals surface area contributed by atoms with E-state index < -0.39 is 0 Å². The molecule has 0 bridgehead atoms. The first-order valence-corrected chi connectivity index (χ1v) is 6.49. The van der Waals surface area contributed by atoms with Crippen molar-refractivity contribution in [2.75, 3.05) is 20.3 Å². The van der Waals surface area contributed by atoms with Crippen LogP contribution in [-0.4, -0.2) is 32.1 Å². The van der Waals surface area contributed by atoms with Gasteiger partial charge < -0.3 is 10.1 Å². The van der Waals surface area contributed by atoms with Gasteiger partial charge in [-0.1, -0.05) is 13.3 Å². The van der Waals surface area contributed by atoms with Crippen molar-refractivity contribution in [1.29, 1.82) is 0 Å². The SMILES string of the molecule is COCCC(C)C(=O)CCC1CCCCN1. The van der Waals surface area contributed by atoms with E-state index in [9.17, 15) is 4.79 Å². The first kappa shape index (κ1) is 13.7. The lowest BCUT2D eigenvalue weighted by Gasteiger charge is -2.23. The summed E-state index contributed by atoms with van der Waals surface area (Å²) in [6, 6.07) is 0.576. The minimum atomic E-state index is 0.156. The van der Waals surface area contributed by atoms with Gasteiger partial charge in [0.25, 0.3) is 0 Å². The van der Waals surface area contributed by atoms with E-state index in [1.54, 1.807) is 7.11 Å². The van der Waals surface area contributed by atoms with E-state index in [2.05, 4.69) is 5.32 Å². The topological polar surface area (TPSA) is 38.3 Å². The Labute approximate surface area is 98.9 Å². The zero-order valence-electron chi connectivity index (χ0n) is 10.6. The van der Waals surface area contributed by atoms with Crippen LogP contribution in [0.15, 0.2) is 0 Å². The van der Waals surface area contributed by atoms with Gasteiger partial charge in [-0.15, -0.1) is 0 Å². The van der Waals surface area contributed by atoms with Gasteiger partial charge >= 0.3 is 0 Å². The molecule has 0 aromatic heterocycles. The molecule has 1 aliphatic heterocycles. The fourth-order valence-electron chi connectivity index (χ4n) is 2.19. The normalized spacial score (nSPS) is 23.0. The predicted molar refractivity (Wildman–Crippen MR) is 65.5 cm³/mol. The van der Waals surface area contributed by atoms with Crippen LogP contribution in [0.5, 0.6) is 0 Å². The van der Waals surface area contributed by atoms with Gasteiger partial charge in [-0.2, -0.15) is 0 Å². The van der Waals surface area contributed by atoms with E-state index in [-0.39, 0.29) is 5.92 Å². The Balaban J connectivity index is 2.12. The Kier molecular flexibility index (Phi) is 6.65. The fourth-order valence-corrected chi connectivity index (χ4v) is 2.19. The number of ketones is 1. The third-order valence-electron chi connectivity index (χ3n) is 3.46. The molecule has 0 aromatic carbocycles. The molecule has 0 radical (unpaired) electrons. The van der Waals surface area contributed by atoms with Crippen molar-refractivity contribution >= 4 is 5.78 Å². The Hall–Kier alpha value is -0.410. The summed E-state index contributed by atoms with van der Waals surface area (Å²) < 4.78 is 4.99. The standard InChI is InChI=1S/C13H25NO2/c1-11(8-10-16-2)13(15)7-6-12-5-3-4-9-14-12/h11-12,14H,3-10H2,1-2H3. The lowest BCUT2D eigenvalue weighted by Crippen LogP contribution is -2.34. The number of nitrogens with one attached hydrogen (secondary N) is 1. The smallest absolute Gasteiger partial charge is 0.135 e. The molecule has 0 aliphatic carbocycles. The lowest BCUT2D eigenvalue weighted by atomic mass is 9.94. The summed E-state index contributed by atoms with van der Waals surface area (Å²) in [5.41, 5.74) is 0. The van der Waals surface area contributed by atoms with Gasteiger partial charge in [0, 0.05) is 32.1 Å². The number of carbonyl (C=O) groups excluding carboxylic acids is 1. The summed E-state index contributed by atoms with van der Waals surface area (Å²) >= 11 is 0. The van der Waals surface area contributed by atoms with Gasteiger partial charge in [-0.3, -0.25) is 4.79 Å². The number of carbonyl (C=O) groups is 1. The molecule has 1 N–H and O–H groups in total. The Morgan fingerprint density at radius 1 is 1.50 bits per heavy atom. The monoisotopic (exact) mass is 227 g/mol. The molecule has 1 rings (SSSR count). The van der Waals surface area contributed by atoms with Crippen LogP contribution in [0.25, 0.3) is 0 Å². The first-order valence-electron chi connectivity index (χ1n) is 6.49. The molecule has 1 heterocycles. The molecular weight excluding hydrogens is 202 g/mol. The summed E-state index contributed by atoms with van der Waals surface area (Å²) in [6.45, 7) is 3.82. The molecule has 1 saturated heterocycles. The number of Topliss-reactive ketones (excluding diaryl/α,β-unsaturated/α-hetero) is 1. The molecule has 1 aliphatic rings. The fraction of sp³-hybridized carbons (Fsp3) is 0.923.